The number of carbonyl (C=O) groups is 1. The van der Waals surface area contributed by atoms with Crippen LogP contribution in [0.5, 0.6) is 0 Å². The minimum absolute atomic E-state index is 0. The number of benzene rings is 1. The number of aryl methyl sites for hydroxylation is 1. The second-order valence-electron chi connectivity index (χ2n) is 4.23. The fourth-order valence-electron chi connectivity index (χ4n) is 1.55. The third kappa shape index (κ3) is 6.59. The van der Waals surface area contributed by atoms with Crippen molar-refractivity contribution in [1.29, 1.82) is 0 Å². The van der Waals surface area contributed by atoms with Gasteiger partial charge in [-0.05, 0) is 26.1 Å². The lowest BCUT2D eigenvalue weighted by Gasteiger charge is -2.21. The van der Waals surface area contributed by atoms with Crippen molar-refractivity contribution in [3.8, 4) is 0 Å². The normalized spacial score (nSPS) is 15.0. The Morgan fingerprint density at radius 3 is 2.28 bits per heavy atom. The van der Waals surface area contributed by atoms with Crippen molar-refractivity contribution in [3.05, 3.63) is 35.4 Å². The lowest BCUT2D eigenvalue weighted by atomic mass is 10.1. The van der Waals surface area contributed by atoms with E-state index in [-0.39, 0.29) is 12.4 Å². The summed E-state index contributed by atoms with van der Waals surface area (Å²) in [4.78, 5) is 12.7. The van der Waals surface area contributed by atoms with Crippen molar-refractivity contribution >= 4 is 18.4 Å². The van der Waals surface area contributed by atoms with E-state index in [0.29, 0.717) is 5.56 Å². The van der Waals surface area contributed by atoms with E-state index in [1.807, 2.05) is 13.0 Å². The number of carboxylic acids is 1. The fourth-order valence-corrected chi connectivity index (χ4v) is 1.55. The number of carboxylic acid groups (broad SMARTS) is 1. The Morgan fingerprint density at radius 1 is 1.33 bits per heavy atom. The summed E-state index contributed by atoms with van der Waals surface area (Å²) in [5, 5.41) is 11.8. The van der Waals surface area contributed by atoms with Gasteiger partial charge in [0.1, 0.15) is 0 Å². The summed E-state index contributed by atoms with van der Waals surface area (Å²) in [6, 6.07) is 6.82. The smallest absolute Gasteiger partial charge is 0.335 e. The monoisotopic (exact) mass is 272 g/mol. The number of hydrogen-bond acceptors (Lipinski definition) is 3. The number of nitrogens with zero attached hydrogens (tertiary/aromatic N) is 1. The van der Waals surface area contributed by atoms with Crippen LogP contribution in [0, 0.1) is 6.92 Å². The van der Waals surface area contributed by atoms with Crippen molar-refractivity contribution < 1.29 is 9.90 Å². The Bertz CT molecular complexity index is 366. The van der Waals surface area contributed by atoms with Crippen LogP contribution in [0.3, 0.4) is 0 Å². The highest BCUT2D eigenvalue weighted by Gasteiger charge is 2.01. The maximum absolute atomic E-state index is 10.4. The number of piperazine rings is 1. The van der Waals surface area contributed by atoms with E-state index >= 15 is 0 Å². The van der Waals surface area contributed by atoms with Gasteiger partial charge in [0, 0.05) is 26.2 Å². The van der Waals surface area contributed by atoms with Gasteiger partial charge in [-0.15, -0.1) is 12.4 Å². The summed E-state index contributed by atoms with van der Waals surface area (Å²) >= 11 is 0. The Balaban J connectivity index is 0.000000321. The van der Waals surface area contributed by atoms with Crippen molar-refractivity contribution in [2.24, 2.45) is 0 Å². The summed E-state index contributed by atoms with van der Waals surface area (Å²) in [7, 11) is 2.15. The fraction of sp³-hybridized carbons (Fsp3) is 0.462. The van der Waals surface area contributed by atoms with Crippen molar-refractivity contribution in [1.82, 2.24) is 10.2 Å². The number of nitrogens with one attached hydrogen (secondary N) is 1. The first-order chi connectivity index (χ1) is 8.09. The van der Waals surface area contributed by atoms with Gasteiger partial charge in [0.15, 0.2) is 0 Å². The lowest BCUT2D eigenvalue weighted by Crippen LogP contribution is -2.40. The van der Waals surface area contributed by atoms with E-state index in [1.54, 1.807) is 18.2 Å². The minimum atomic E-state index is -0.872. The molecule has 0 unspecified atom stereocenters. The molecule has 0 bridgehead atoms. The van der Waals surface area contributed by atoms with Crippen LogP contribution >= 0.6 is 12.4 Å². The Hall–Kier alpha value is -1.10. The van der Waals surface area contributed by atoms with Gasteiger partial charge in [0.05, 0.1) is 5.56 Å². The van der Waals surface area contributed by atoms with Crippen LogP contribution < -0.4 is 5.32 Å². The van der Waals surface area contributed by atoms with Crippen LogP contribution in [-0.4, -0.2) is 49.2 Å². The van der Waals surface area contributed by atoms with Gasteiger partial charge in [-0.25, -0.2) is 4.79 Å². The largest absolute Gasteiger partial charge is 0.478 e. The molecule has 1 aromatic carbocycles. The van der Waals surface area contributed by atoms with E-state index in [1.165, 1.54) is 13.1 Å². The molecule has 1 aliphatic rings. The summed E-state index contributed by atoms with van der Waals surface area (Å²) in [5.41, 5.74) is 1.32. The van der Waals surface area contributed by atoms with Crippen molar-refractivity contribution in [3.63, 3.8) is 0 Å². The highest BCUT2D eigenvalue weighted by molar-refractivity contribution is 5.87. The van der Waals surface area contributed by atoms with Gasteiger partial charge < -0.3 is 15.3 Å². The zero-order valence-corrected chi connectivity index (χ0v) is 11.7. The summed E-state index contributed by atoms with van der Waals surface area (Å²) < 4.78 is 0. The molecule has 0 aliphatic carbocycles. The number of rotatable bonds is 1. The molecule has 4 nitrogen and oxygen atoms in total. The standard InChI is InChI=1S/C8H8O2.C5H12N2.ClH/c1-6-3-2-4-7(5-6)8(9)10;1-7-4-2-6-3-5-7;/h2-5H,1H3,(H,9,10);6H,2-5H2,1H3;1H. The maximum Gasteiger partial charge on any atom is 0.335 e. The van der Waals surface area contributed by atoms with Gasteiger partial charge in [-0.2, -0.15) is 0 Å². The molecule has 2 N–H and O–H groups in total. The first-order valence-corrected chi connectivity index (χ1v) is 5.79. The Labute approximate surface area is 114 Å². The third-order valence-electron chi connectivity index (χ3n) is 2.61. The van der Waals surface area contributed by atoms with Gasteiger partial charge in [-0.3, -0.25) is 0 Å². The predicted octanol–water partition coefficient (Wildman–Crippen LogP) is 1.64. The van der Waals surface area contributed by atoms with Crippen molar-refractivity contribution in [2.45, 2.75) is 6.92 Å². The van der Waals surface area contributed by atoms with Crippen LogP contribution in [0.4, 0.5) is 0 Å². The molecule has 1 saturated heterocycles. The first-order valence-electron chi connectivity index (χ1n) is 5.79. The average Bonchev–Trinajstić information content (AvgIpc) is 2.31. The maximum atomic E-state index is 10.4. The molecular formula is C13H21ClN2O2. The predicted molar refractivity (Wildman–Crippen MR) is 75.8 cm³/mol. The topological polar surface area (TPSA) is 52.6 Å². The lowest BCUT2D eigenvalue weighted by molar-refractivity contribution is 0.0697. The highest BCUT2D eigenvalue weighted by Crippen LogP contribution is 2.02. The van der Waals surface area contributed by atoms with Crippen LogP contribution in [-0.2, 0) is 0 Å². The number of likely N-dealkylation sites (N-methyl/N-ethyl adjacent to an activating group) is 1. The van der Waals surface area contributed by atoms with Gasteiger partial charge in [-0.1, -0.05) is 17.7 Å². The molecule has 0 aromatic heterocycles. The zero-order valence-electron chi connectivity index (χ0n) is 10.8. The van der Waals surface area contributed by atoms with E-state index in [4.69, 9.17) is 5.11 Å². The number of halogens is 1. The molecule has 2 rings (SSSR count). The molecule has 1 aliphatic heterocycles. The van der Waals surface area contributed by atoms with E-state index in [2.05, 4.69) is 17.3 Å². The molecule has 102 valence electrons. The molecular weight excluding hydrogens is 252 g/mol. The summed E-state index contributed by atoms with van der Waals surface area (Å²) in [5.74, 6) is -0.872. The van der Waals surface area contributed by atoms with Crippen LogP contribution in [0.2, 0.25) is 0 Å². The molecule has 0 radical (unpaired) electrons. The van der Waals surface area contributed by atoms with Crippen LogP contribution in [0.15, 0.2) is 24.3 Å². The Morgan fingerprint density at radius 2 is 1.94 bits per heavy atom. The van der Waals surface area contributed by atoms with Gasteiger partial charge in [0.2, 0.25) is 0 Å². The molecule has 18 heavy (non-hydrogen) atoms. The third-order valence-corrected chi connectivity index (χ3v) is 2.61. The minimum Gasteiger partial charge on any atom is -0.478 e. The highest BCUT2D eigenvalue weighted by atomic mass is 35.5. The second kappa shape index (κ2) is 8.91. The molecule has 5 heteroatoms. The average molecular weight is 273 g/mol. The first kappa shape index (κ1) is 16.9. The molecule has 1 fully saturated rings. The van der Waals surface area contributed by atoms with Crippen LogP contribution in [0.25, 0.3) is 0 Å². The molecule has 0 atom stereocenters. The van der Waals surface area contributed by atoms with Crippen molar-refractivity contribution in [2.75, 3.05) is 33.2 Å². The van der Waals surface area contributed by atoms with Gasteiger partial charge in [0.25, 0.3) is 0 Å². The molecule has 0 saturated carbocycles. The molecule has 0 amide bonds. The second-order valence-corrected chi connectivity index (χ2v) is 4.23. The number of aromatic carboxylic acids is 1. The zero-order chi connectivity index (χ0) is 12.7. The van der Waals surface area contributed by atoms with E-state index in [9.17, 15) is 4.79 Å². The molecule has 1 heterocycles. The van der Waals surface area contributed by atoms with E-state index in [0.717, 1.165) is 18.7 Å². The summed E-state index contributed by atoms with van der Waals surface area (Å²) in [6.45, 7) is 6.61. The quantitative estimate of drug-likeness (QED) is 0.816. The number of hydrogen-bond donors (Lipinski definition) is 2. The molecule has 0 spiro atoms. The molecule has 1 aromatic rings. The van der Waals surface area contributed by atoms with Gasteiger partial charge >= 0.3 is 5.97 Å². The van der Waals surface area contributed by atoms with E-state index < -0.39 is 5.97 Å². The Kier molecular flexibility index (Phi) is 8.37. The van der Waals surface area contributed by atoms with Crippen LogP contribution in [0.1, 0.15) is 15.9 Å². The SMILES string of the molecule is CN1CCNCC1.Cc1cccc(C(=O)O)c1.Cl. The summed E-state index contributed by atoms with van der Waals surface area (Å²) in [6.07, 6.45) is 0.